The van der Waals surface area contributed by atoms with Crippen molar-refractivity contribution in [3.05, 3.63) is 35.0 Å². The highest BCUT2D eigenvalue weighted by Crippen LogP contribution is 2.30. The largest absolute Gasteiger partial charge is 0.311 e. The van der Waals surface area contributed by atoms with Gasteiger partial charge in [-0.05, 0) is 38.0 Å². The number of aromatic nitrogens is 3. The summed E-state index contributed by atoms with van der Waals surface area (Å²) in [7, 11) is 0. The molecule has 0 aliphatic rings. The molecule has 0 bridgehead atoms. The Morgan fingerprint density at radius 2 is 2.00 bits per heavy atom. The van der Waals surface area contributed by atoms with Gasteiger partial charge in [0.15, 0.2) is 0 Å². The highest BCUT2D eigenvalue weighted by molar-refractivity contribution is 7.20. The molecule has 2 heterocycles. The van der Waals surface area contributed by atoms with Crippen LogP contribution in [0, 0.1) is 20.8 Å². The minimum Gasteiger partial charge on any atom is -0.311 e. The monoisotopic (exact) mass is 300 g/mol. The number of nitrogens with one attached hydrogen (secondary N) is 1. The Morgan fingerprint density at radius 1 is 1.24 bits per heavy atom. The lowest BCUT2D eigenvalue weighted by molar-refractivity contribution is -0.114. The van der Waals surface area contributed by atoms with Crippen LogP contribution in [-0.2, 0) is 4.79 Å². The number of fused-ring (bicyclic) bond motifs is 1. The summed E-state index contributed by atoms with van der Waals surface area (Å²) in [5.41, 5.74) is 4.19. The first-order valence-electron chi connectivity index (χ1n) is 6.66. The fourth-order valence-corrected chi connectivity index (χ4v) is 3.47. The van der Waals surface area contributed by atoms with Crippen molar-refractivity contribution in [2.45, 2.75) is 27.7 Å². The van der Waals surface area contributed by atoms with Crippen molar-refractivity contribution in [1.82, 2.24) is 14.8 Å². The SMILES string of the molecule is CC(=O)Nc1cc(C)nn1-c1nc2c(C)cc(C)cc2s1. The van der Waals surface area contributed by atoms with Crippen LogP contribution < -0.4 is 5.32 Å². The van der Waals surface area contributed by atoms with Crippen molar-refractivity contribution in [3.8, 4) is 5.13 Å². The third-order valence-electron chi connectivity index (χ3n) is 3.14. The van der Waals surface area contributed by atoms with Gasteiger partial charge in [0.25, 0.3) is 0 Å². The predicted octanol–water partition coefficient (Wildman–Crippen LogP) is 3.37. The number of thiazole rings is 1. The summed E-state index contributed by atoms with van der Waals surface area (Å²) in [6, 6.07) is 6.08. The average molecular weight is 300 g/mol. The van der Waals surface area contributed by atoms with E-state index in [4.69, 9.17) is 0 Å². The molecule has 0 atom stereocenters. The topological polar surface area (TPSA) is 59.8 Å². The molecule has 2 aromatic heterocycles. The van der Waals surface area contributed by atoms with E-state index in [9.17, 15) is 4.79 Å². The van der Waals surface area contributed by atoms with Crippen LogP contribution in [0.15, 0.2) is 18.2 Å². The quantitative estimate of drug-likeness (QED) is 0.789. The lowest BCUT2D eigenvalue weighted by Gasteiger charge is -2.03. The maximum absolute atomic E-state index is 11.3. The van der Waals surface area contributed by atoms with Crippen molar-refractivity contribution < 1.29 is 4.79 Å². The first-order chi connectivity index (χ1) is 9.94. The molecule has 6 heteroatoms. The molecule has 1 N–H and O–H groups in total. The minimum atomic E-state index is -0.121. The van der Waals surface area contributed by atoms with Crippen molar-refractivity contribution in [1.29, 1.82) is 0 Å². The fourth-order valence-electron chi connectivity index (χ4n) is 2.36. The number of benzene rings is 1. The van der Waals surface area contributed by atoms with Gasteiger partial charge in [-0.25, -0.2) is 4.98 Å². The van der Waals surface area contributed by atoms with Gasteiger partial charge >= 0.3 is 0 Å². The molecule has 21 heavy (non-hydrogen) atoms. The Balaban J connectivity index is 2.16. The molecule has 3 rings (SSSR count). The van der Waals surface area contributed by atoms with Gasteiger partial charge < -0.3 is 5.32 Å². The molecule has 0 radical (unpaired) electrons. The molecule has 0 aliphatic heterocycles. The lowest BCUT2D eigenvalue weighted by atomic mass is 10.1. The van der Waals surface area contributed by atoms with Gasteiger partial charge in [0.1, 0.15) is 5.82 Å². The molecule has 108 valence electrons. The Labute approximate surface area is 126 Å². The van der Waals surface area contributed by atoms with Gasteiger partial charge in [-0.1, -0.05) is 17.4 Å². The molecule has 0 spiro atoms. The van der Waals surface area contributed by atoms with Crippen LogP contribution in [0.2, 0.25) is 0 Å². The van der Waals surface area contributed by atoms with Crippen LogP contribution in [-0.4, -0.2) is 20.7 Å². The lowest BCUT2D eigenvalue weighted by Crippen LogP contribution is -2.10. The third kappa shape index (κ3) is 2.54. The first-order valence-corrected chi connectivity index (χ1v) is 7.48. The second-order valence-electron chi connectivity index (χ2n) is 5.19. The molecular formula is C15H16N4OS. The van der Waals surface area contributed by atoms with Crippen LogP contribution in [0.25, 0.3) is 15.3 Å². The summed E-state index contributed by atoms with van der Waals surface area (Å²) in [6.45, 7) is 7.51. The zero-order valence-electron chi connectivity index (χ0n) is 12.4. The molecule has 0 fully saturated rings. The van der Waals surface area contributed by atoms with E-state index in [1.807, 2.05) is 13.0 Å². The van der Waals surface area contributed by atoms with Gasteiger partial charge in [-0.15, -0.1) is 0 Å². The predicted molar refractivity (Wildman–Crippen MR) is 85.3 cm³/mol. The highest BCUT2D eigenvalue weighted by Gasteiger charge is 2.14. The third-order valence-corrected chi connectivity index (χ3v) is 4.11. The smallest absolute Gasteiger partial charge is 0.222 e. The molecule has 0 aliphatic carbocycles. The van der Waals surface area contributed by atoms with E-state index in [-0.39, 0.29) is 5.91 Å². The summed E-state index contributed by atoms with van der Waals surface area (Å²) in [5.74, 6) is 0.526. The Kier molecular flexibility index (Phi) is 3.25. The normalized spacial score (nSPS) is 11.0. The van der Waals surface area contributed by atoms with E-state index in [0.29, 0.717) is 5.82 Å². The summed E-state index contributed by atoms with van der Waals surface area (Å²) in [6.07, 6.45) is 0. The zero-order chi connectivity index (χ0) is 15.1. The van der Waals surface area contributed by atoms with Crippen LogP contribution in [0.4, 0.5) is 5.82 Å². The molecule has 5 nitrogen and oxygen atoms in total. The van der Waals surface area contributed by atoms with E-state index in [1.54, 1.807) is 16.0 Å². The Hall–Kier alpha value is -2.21. The number of aryl methyl sites for hydroxylation is 3. The fraction of sp³-hybridized carbons (Fsp3) is 0.267. The second kappa shape index (κ2) is 4.96. The number of hydrogen-bond donors (Lipinski definition) is 1. The van der Waals surface area contributed by atoms with E-state index in [0.717, 1.165) is 26.6 Å². The maximum Gasteiger partial charge on any atom is 0.222 e. The number of anilines is 1. The number of rotatable bonds is 2. The molecule has 0 saturated heterocycles. The number of carbonyl (C=O) groups excluding carboxylic acids is 1. The maximum atomic E-state index is 11.3. The first kappa shape index (κ1) is 13.8. The number of amides is 1. The molecule has 0 saturated carbocycles. The van der Waals surface area contributed by atoms with E-state index in [1.165, 1.54) is 12.5 Å². The average Bonchev–Trinajstić information content (AvgIpc) is 2.92. The van der Waals surface area contributed by atoms with E-state index in [2.05, 4.69) is 41.4 Å². The highest BCUT2D eigenvalue weighted by atomic mass is 32.1. The van der Waals surface area contributed by atoms with E-state index < -0.39 is 0 Å². The minimum absolute atomic E-state index is 0.121. The summed E-state index contributed by atoms with van der Waals surface area (Å²) in [4.78, 5) is 16.0. The van der Waals surface area contributed by atoms with Crippen LogP contribution in [0.5, 0.6) is 0 Å². The Bertz CT molecular complexity index is 847. The van der Waals surface area contributed by atoms with Gasteiger partial charge in [0.05, 0.1) is 15.9 Å². The van der Waals surface area contributed by atoms with Gasteiger partial charge in [-0.3, -0.25) is 4.79 Å². The summed E-state index contributed by atoms with van der Waals surface area (Å²) >= 11 is 1.57. The standard InChI is InChI=1S/C15H16N4OS/c1-8-5-9(2)14-12(6-8)21-15(17-14)19-13(16-11(4)20)7-10(3)18-19/h5-7H,1-4H3,(H,16,20). The van der Waals surface area contributed by atoms with Gasteiger partial charge in [0, 0.05) is 13.0 Å². The van der Waals surface area contributed by atoms with Gasteiger partial charge in [-0.2, -0.15) is 9.78 Å². The van der Waals surface area contributed by atoms with Gasteiger partial charge in [0.2, 0.25) is 11.0 Å². The molecule has 0 unspecified atom stereocenters. The van der Waals surface area contributed by atoms with Crippen molar-refractivity contribution in [2.75, 3.05) is 5.32 Å². The number of hydrogen-bond acceptors (Lipinski definition) is 4. The molecule has 3 aromatic rings. The van der Waals surface area contributed by atoms with Crippen LogP contribution in [0.1, 0.15) is 23.7 Å². The van der Waals surface area contributed by atoms with Crippen molar-refractivity contribution >= 4 is 33.3 Å². The van der Waals surface area contributed by atoms with E-state index >= 15 is 0 Å². The number of nitrogens with zero attached hydrogens (tertiary/aromatic N) is 3. The molecule has 1 aromatic carbocycles. The molecular weight excluding hydrogens is 284 g/mol. The van der Waals surface area contributed by atoms with Crippen LogP contribution >= 0.6 is 11.3 Å². The Morgan fingerprint density at radius 3 is 2.71 bits per heavy atom. The summed E-state index contributed by atoms with van der Waals surface area (Å²) < 4.78 is 2.82. The summed E-state index contributed by atoms with van der Waals surface area (Å²) in [5, 5.41) is 7.98. The van der Waals surface area contributed by atoms with Crippen LogP contribution in [0.3, 0.4) is 0 Å². The zero-order valence-corrected chi connectivity index (χ0v) is 13.2. The second-order valence-corrected chi connectivity index (χ2v) is 6.20. The van der Waals surface area contributed by atoms with Crippen molar-refractivity contribution in [2.24, 2.45) is 0 Å². The molecule has 1 amide bonds. The van der Waals surface area contributed by atoms with Crippen molar-refractivity contribution in [3.63, 3.8) is 0 Å². The number of carbonyl (C=O) groups is 1.